The topological polar surface area (TPSA) is 17.1 Å². The van der Waals surface area contributed by atoms with Gasteiger partial charge in [-0.15, -0.1) is 11.3 Å². The van der Waals surface area contributed by atoms with E-state index in [1.54, 1.807) is 11.3 Å². The van der Waals surface area contributed by atoms with E-state index < -0.39 is 0 Å². The number of carbonyl (C=O) groups is 1. The van der Waals surface area contributed by atoms with Crippen LogP contribution in [0.2, 0.25) is 0 Å². The molecule has 1 aromatic heterocycles. The molecule has 0 saturated heterocycles. The van der Waals surface area contributed by atoms with Crippen LogP contribution in [0.1, 0.15) is 22.2 Å². The number of aryl methyl sites for hydroxylation is 1. The van der Waals surface area contributed by atoms with E-state index in [0.717, 1.165) is 17.6 Å². The Morgan fingerprint density at radius 3 is 2.92 bits per heavy atom. The van der Waals surface area contributed by atoms with E-state index in [2.05, 4.69) is 25.1 Å². The zero-order valence-electron chi connectivity index (χ0n) is 7.41. The van der Waals surface area contributed by atoms with Gasteiger partial charge in [-0.2, -0.15) is 0 Å². The molecule has 0 unspecified atom stereocenters. The van der Waals surface area contributed by atoms with Gasteiger partial charge in [0, 0.05) is 4.70 Å². The zero-order valence-corrected chi connectivity index (χ0v) is 8.23. The zero-order chi connectivity index (χ0) is 9.26. The molecule has 0 aliphatic rings. The summed E-state index contributed by atoms with van der Waals surface area (Å²) in [6.45, 7) is 2.13. The van der Waals surface area contributed by atoms with Gasteiger partial charge in [0.25, 0.3) is 0 Å². The van der Waals surface area contributed by atoms with Gasteiger partial charge in [-0.05, 0) is 29.5 Å². The average molecular weight is 190 g/mol. The normalized spacial score (nSPS) is 10.5. The van der Waals surface area contributed by atoms with E-state index in [1.807, 2.05) is 6.07 Å². The SMILES string of the molecule is CCc1ccc2sc(C=O)cc2c1. The molecule has 1 aromatic carbocycles. The lowest BCUT2D eigenvalue weighted by atomic mass is 10.1. The van der Waals surface area contributed by atoms with Crippen molar-refractivity contribution in [1.82, 2.24) is 0 Å². The van der Waals surface area contributed by atoms with Crippen molar-refractivity contribution < 1.29 is 4.79 Å². The van der Waals surface area contributed by atoms with Crippen LogP contribution in [0, 0.1) is 0 Å². The molecule has 0 atom stereocenters. The molecule has 0 saturated carbocycles. The molecule has 2 aromatic rings. The lowest BCUT2D eigenvalue weighted by Crippen LogP contribution is -1.76. The lowest BCUT2D eigenvalue weighted by molar-refractivity contribution is 0.112. The summed E-state index contributed by atoms with van der Waals surface area (Å²) >= 11 is 1.55. The van der Waals surface area contributed by atoms with Gasteiger partial charge in [0.15, 0.2) is 6.29 Å². The third-order valence-electron chi connectivity index (χ3n) is 2.12. The van der Waals surface area contributed by atoms with Crippen molar-refractivity contribution in [1.29, 1.82) is 0 Å². The molecule has 1 nitrogen and oxygen atoms in total. The van der Waals surface area contributed by atoms with Gasteiger partial charge in [0.05, 0.1) is 4.88 Å². The van der Waals surface area contributed by atoms with E-state index in [0.29, 0.717) is 0 Å². The molecule has 0 fully saturated rings. The molecule has 0 amide bonds. The Bertz CT molecular complexity index is 442. The monoisotopic (exact) mass is 190 g/mol. The second kappa shape index (κ2) is 3.30. The number of hydrogen-bond acceptors (Lipinski definition) is 2. The highest BCUT2D eigenvalue weighted by Crippen LogP contribution is 2.25. The number of benzene rings is 1. The summed E-state index contributed by atoms with van der Waals surface area (Å²) in [5.41, 5.74) is 1.32. The lowest BCUT2D eigenvalue weighted by Gasteiger charge is -1.94. The second-order valence-electron chi connectivity index (χ2n) is 2.99. The smallest absolute Gasteiger partial charge is 0.160 e. The largest absolute Gasteiger partial charge is 0.297 e. The minimum Gasteiger partial charge on any atom is -0.297 e. The van der Waals surface area contributed by atoms with Crippen molar-refractivity contribution in [3.05, 3.63) is 34.7 Å². The van der Waals surface area contributed by atoms with Crippen LogP contribution in [0.5, 0.6) is 0 Å². The van der Waals surface area contributed by atoms with Gasteiger partial charge in [-0.25, -0.2) is 0 Å². The minimum atomic E-state index is 0.809. The molecule has 0 aliphatic carbocycles. The molecule has 0 radical (unpaired) electrons. The van der Waals surface area contributed by atoms with Crippen molar-refractivity contribution >= 4 is 27.7 Å². The molecule has 66 valence electrons. The molecule has 0 N–H and O–H groups in total. The first-order valence-corrected chi connectivity index (χ1v) is 5.13. The summed E-state index contributed by atoms with van der Waals surface area (Å²) in [6, 6.07) is 8.31. The molecule has 0 aliphatic heterocycles. The number of fused-ring (bicyclic) bond motifs is 1. The minimum absolute atomic E-state index is 0.809. The van der Waals surface area contributed by atoms with Crippen molar-refractivity contribution in [2.45, 2.75) is 13.3 Å². The van der Waals surface area contributed by atoms with Gasteiger partial charge >= 0.3 is 0 Å². The number of carbonyl (C=O) groups excluding carboxylic acids is 1. The Balaban J connectivity index is 2.63. The van der Waals surface area contributed by atoms with Gasteiger partial charge in [0.2, 0.25) is 0 Å². The van der Waals surface area contributed by atoms with Gasteiger partial charge in [-0.3, -0.25) is 4.79 Å². The van der Waals surface area contributed by atoms with Crippen LogP contribution in [-0.4, -0.2) is 6.29 Å². The first kappa shape index (κ1) is 8.45. The summed E-state index contributed by atoms with van der Waals surface area (Å²) in [5, 5.41) is 1.19. The summed E-state index contributed by atoms with van der Waals surface area (Å²) in [5.74, 6) is 0. The predicted octanol–water partition coefficient (Wildman–Crippen LogP) is 3.28. The first-order chi connectivity index (χ1) is 6.33. The summed E-state index contributed by atoms with van der Waals surface area (Å²) in [6.07, 6.45) is 1.96. The quantitative estimate of drug-likeness (QED) is 0.664. The van der Waals surface area contributed by atoms with Crippen LogP contribution >= 0.6 is 11.3 Å². The fourth-order valence-electron chi connectivity index (χ4n) is 1.39. The number of hydrogen-bond donors (Lipinski definition) is 0. The Morgan fingerprint density at radius 1 is 1.38 bits per heavy atom. The maximum absolute atomic E-state index is 10.5. The molecule has 2 rings (SSSR count). The molecule has 0 spiro atoms. The molecule has 1 heterocycles. The summed E-state index contributed by atoms with van der Waals surface area (Å²) in [7, 11) is 0. The summed E-state index contributed by atoms with van der Waals surface area (Å²) in [4.78, 5) is 11.3. The molecular weight excluding hydrogens is 180 g/mol. The van der Waals surface area contributed by atoms with E-state index in [9.17, 15) is 4.79 Å². The maximum Gasteiger partial charge on any atom is 0.160 e. The Hall–Kier alpha value is -1.15. The second-order valence-corrected chi connectivity index (χ2v) is 4.11. The molecule has 13 heavy (non-hydrogen) atoms. The number of thiophene rings is 1. The third kappa shape index (κ3) is 1.49. The third-order valence-corrected chi connectivity index (χ3v) is 3.17. The highest BCUT2D eigenvalue weighted by atomic mass is 32.1. The van der Waals surface area contributed by atoms with Gasteiger partial charge in [0.1, 0.15) is 0 Å². The van der Waals surface area contributed by atoms with Crippen molar-refractivity contribution in [2.24, 2.45) is 0 Å². The van der Waals surface area contributed by atoms with Crippen LogP contribution < -0.4 is 0 Å². The Kier molecular flexibility index (Phi) is 2.15. The Morgan fingerprint density at radius 2 is 2.23 bits per heavy atom. The van der Waals surface area contributed by atoms with E-state index in [-0.39, 0.29) is 0 Å². The molecule has 2 heteroatoms. The van der Waals surface area contributed by atoms with E-state index >= 15 is 0 Å². The predicted molar refractivity (Wildman–Crippen MR) is 56.6 cm³/mol. The summed E-state index contributed by atoms with van der Waals surface area (Å²) < 4.78 is 1.19. The average Bonchev–Trinajstić information content (AvgIpc) is 2.58. The Labute approximate surface area is 81.0 Å². The van der Waals surface area contributed by atoms with Crippen LogP contribution in [0.3, 0.4) is 0 Å². The molecule has 0 bridgehead atoms. The number of aldehydes is 1. The first-order valence-electron chi connectivity index (χ1n) is 4.31. The number of rotatable bonds is 2. The molecular formula is C11H10OS. The van der Waals surface area contributed by atoms with Crippen LogP contribution in [0.25, 0.3) is 10.1 Å². The highest BCUT2D eigenvalue weighted by molar-refractivity contribution is 7.20. The van der Waals surface area contributed by atoms with Crippen molar-refractivity contribution in [2.75, 3.05) is 0 Å². The van der Waals surface area contributed by atoms with Crippen molar-refractivity contribution in [3.63, 3.8) is 0 Å². The van der Waals surface area contributed by atoms with Crippen LogP contribution in [0.4, 0.5) is 0 Å². The van der Waals surface area contributed by atoms with E-state index in [1.165, 1.54) is 15.6 Å². The highest BCUT2D eigenvalue weighted by Gasteiger charge is 2.00. The fourth-order valence-corrected chi connectivity index (χ4v) is 2.25. The fraction of sp³-hybridized carbons (Fsp3) is 0.182. The van der Waals surface area contributed by atoms with Gasteiger partial charge < -0.3 is 0 Å². The van der Waals surface area contributed by atoms with Crippen LogP contribution in [0.15, 0.2) is 24.3 Å². The maximum atomic E-state index is 10.5. The van der Waals surface area contributed by atoms with E-state index in [4.69, 9.17) is 0 Å². The van der Waals surface area contributed by atoms with Gasteiger partial charge in [-0.1, -0.05) is 19.1 Å². The standard InChI is InChI=1S/C11H10OS/c1-2-8-3-4-11-9(5-8)6-10(7-12)13-11/h3-7H,2H2,1H3. The van der Waals surface area contributed by atoms with Crippen LogP contribution in [-0.2, 0) is 6.42 Å². The van der Waals surface area contributed by atoms with Crippen molar-refractivity contribution in [3.8, 4) is 0 Å².